The Labute approximate surface area is 175 Å². The molecule has 0 aliphatic carbocycles. The first-order chi connectivity index (χ1) is 14.8. The SMILES string of the molecule is CN=C(NCc1cccc(Cn2cccn2)c1)NCc1coc(-c2ccccc2)n1. The molecule has 0 unspecified atom stereocenters. The van der Waals surface area contributed by atoms with Gasteiger partial charge in [-0.25, -0.2) is 4.98 Å². The number of aliphatic imine (C=N–C) groups is 1. The van der Waals surface area contributed by atoms with Gasteiger partial charge >= 0.3 is 0 Å². The maximum atomic E-state index is 5.58. The standard InChI is InChI=1S/C23H24N6O/c1-24-23(26-15-21-17-30-22(28-21)20-9-3-2-4-10-20)25-14-18-7-5-8-19(13-18)16-29-12-6-11-27-29/h2-13,17H,14-16H2,1H3,(H2,24,25,26). The van der Waals surface area contributed by atoms with Gasteiger partial charge in [-0.3, -0.25) is 9.67 Å². The van der Waals surface area contributed by atoms with Crippen molar-refractivity contribution in [3.63, 3.8) is 0 Å². The van der Waals surface area contributed by atoms with E-state index < -0.39 is 0 Å². The molecule has 7 heteroatoms. The number of nitrogens with one attached hydrogen (secondary N) is 2. The maximum absolute atomic E-state index is 5.58. The van der Waals surface area contributed by atoms with E-state index in [0.29, 0.717) is 24.9 Å². The smallest absolute Gasteiger partial charge is 0.226 e. The van der Waals surface area contributed by atoms with E-state index in [2.05, 4.69) is 50.0 Å². The lowest BCUT2D eigenvalue weighted by Crippen LogP contribution is -2.36. The first-order valence-electron chi connectivity index (χ1n) is 9.80. The van der Waals surface area contributed by atoms with Crippen molar-refractivity contribution in [3.05, 3.63) is 96.1 Å². The van der Waals surface area contributed by atoms with Crippen LogP contribution >= 0.6 is 0 Å². The minimum Gasteiger partial charge on any atom is -0.444 e. The van der Waals surface area contributed by atoms with E-state index >= 15 is 0 Å². The van der Waals surface area contributed by atoms with Crippen LogP contribution in [0, 0.1) is 0 Å². The predicted molar refractivity (Wildman–Crippen MR) is 117 cm³/mol. The van der Waals surface area contributed by atoms with Crippen molar-refractivity contribution in [2.75, 3.05) is 7.05 Å². The van der Waals surface area contributed by atoms with Gasteiger partial charge in [-0.2, -0.15) is 5.10 Å². The van der Waals surface area contributed by atoms with E-state index in [9.17, 15) is 0 Å². The molecule has 2 aromatic carbocycles. The molecule has 2 N–H and O–H groups in total. The zero-order chi connectivity index (χ0) is 20.6. The summed E-state index contributed by atoms with van der Waals surface area (Å²) < 4.78 is 7.49. The summed E-state index contributed by atoms with van der Waals surface area (Å²) >= 11 is 0. The van der Waals surface area contributed by atoms with Gasteiger partial charge in [0.25, 0.3) is 0 Å². The molecule has 0 bridgehead atoms. The molecule has 152 valence electrons. The highest BCUT2D eigenvalue weighted by atomic mass is 16.3. The van der Waals surface area contributed by atoms with E-state index in [0.717, 1.165) is 17.8 Å². The summed E-state index contributed by atoms with van der Waals surface area (Å²) in [7, 11) is 1.75. The minimum atomic E-state index is 0.523. The molecule has 0 aliphatic heterocycles. The predicted octanol–water partition coefficient (Wildman–Crippen LogP) is 3.45. The molecule has 0 spiro atoms. The highest BCUT2D eigenvalue weighted by Gasteiger charge is 2.07. The number of guanidine groups is 1. The van der Waals surface area contributed by atoms with Crippen LogP contribution in [0.25, 0.3) is 11.5 Å². The number of oxazole rings is 1. The van der Waals surface area contributed by atoms with Crippen LogP contribution in [0.3, 0.4) is 0 Å². The van der Waals surface area contributed by atoms with E-state index in [-0.39, 0.29) is 0 Å². The van der Waals surface area contributed by atoms with E-state index in [1.165, 1.54) is 11.1 Å². The van der Waals surface area contributed by atoms with Gasteiger partial charge in [-0.05, 0) is 29.3 Å². The highest BCUT2D eigenvalue weighted by molar-refractivity contribution is 5.79. The van der Waals surface area contributed by atoms with Crippen molar-refractivity contribution < 1.29 is 4.42 Å². The first-order valence-corrected chi connectivity index (χ1v) is 9.80. The van der Waals surface area contributed by atoms with Gasteiger partial charge in [0.15, 0.2) is 5.96 Å². The third-order valence-electron chi connectivity index (χ3n) is 4.59. The lowest BCUT2D eigenvalue weighted by Gasteiger charge is -2.12. The molecule has 0 atom stereocenters. The van der Waals surface area contributed by atoms with Crippen LogP contribution in [0.4, 0.5) is 0 Å². The number of benzene rings is 2. The fraction of sp³-hybridized carbons (Fsp3) is 0.174. The Morgan fingerprint density at radius 2 is 1.83 bits per heavy atom. The average Bonchev–Trinajstić information content (AvgIpc) is 3.47. The molecule has 0 fully saturated rings. The Balaban J connectivity index is 1.30. The monoisotopic (exact) mass is 400 g/mol. The van der Waals surface area contributed by atoms with Gasteiger partial charge in [-0.1, -0.05) is 42.5 Å². The van der Waals surface area contributed by atoms with Crippen LogP contribution in [0.2, 0.25) is 0 Å². The topological polar surface area (TPSA) is 80.3 Å². The van der Waals surface area contributed by atoms with Crippen molar-refractivity contribution >= 4 is 5.96 Å². The van der Waals surface area contributed by atoms with Gasteiger partial charge in [-0.15, -0.1) is 0 Å². The fourth-order valence-electron chi connectivity index (χ4n) is 3.10. The Bertz CT molecular complexity index is 1090. The number of aromatic nitrogens is 3. The van der Waals surface area contributed by atoms with Crippen LogP contribution in [0.5, 0.6) is 0 Å². The molecule has 4 aromatic rings. The molecule has 2 heterocycles. The van der Waals surface area contributed by atoms with Crippen LogP contribution < -0.4 is 10.6 Å². The summed E-state index contributed by atoms with van der Waals surface area (Å²) in [4.78, 5) is 8.82. The van der Waals surface area contributed by atoms with Gasteiger partial charge in [0.1, 0.15) is 6.26 Å². The molecule has 2 aromatic heterocycles. The third-order valence-corrected chi connectivity index (χ3v) is 4.59. The number of rotatable bonds is 7. The quantitative estimate of drug-likeness (QED) is 0.367. The van der Waals surface area contributed by atoms with Crippen LogP contribution in [0.1, 0.15) is 16.8 Å². The van der Waals surface area contributed by atoms with Crippen molar-refractivity contribution in [2.24, 2.45) is 4.99 Å². The van der Waals surface area contributed by atoms with Gasteiger partial charge in [0.05, 0.1) is 18.8 Å². The average molecular weight is 400 g/mol. The van der Waals surface area contributed by atoms with E-state index in [1.54, 1.807) is 19.5 Å². The molecule has 30 heavy (non-hydrogen) atoms. The molecule has 0 amide bonds. The van der Waals surface area contributed by atoms with Crippen molar-refractivity contribution in [1.82, 2.24) is 25.4 Å². The Morgan fingerprint density at radius 3 is 2.63 bits per heavy atom. The summed E-state index contributed by atoms with van der Waals surface area (Å²) in [5.41, 5.74) is 4.16. The van der Waals surface area contributed by atoms with Crippen LogP contribution in [-0.2, 0) is 19.6 Å². The lowest BCUT2D eigenvalue weighted by atomic mass is 10.1. The number of hydrogen-bond donors (Lipinski definition) is 2. The minimum absolute atomic E-state index is 0.523. The first kappa shape index (κ1) is 19.4. The van der Waals surface area contributed by atoms with Crippen molar-refractivity contribution in [2.45, 2.75) is 19.6 Å². The Morgan fingerprint density at radius 1 is 1.00 bits per heavy atom. The van der Waals surface area contributed by atoms with Gasteiger partial charge in [0.2, 0.25) is 5.89 Å². The molecule has 0 aliphatic rings. The second-order valence-corrected chi connectivity index (χ2v) is 6.81. The molecule has 4 rings (SSSR count). The second kappa shape index (κ2) is 9.56. The summed E-state index contributed by atoms with van der Waals surface area (Å²) in [6.07, 6.45) is 5.42. The Kier molecular flexibility index (Phi) is 6.19. The molecule has 0 saturated carbocycles. The van der Waals surface area contributed by atoms with Crippen LogP contribution in [-0.4, -0.2) is 27.8 Å². The summed E-state index contributed by atoms with van der Waals surface area (Å²) in [5, 5.41) is 10.9. The normalized spacial score (nSPS) is 11.4. The van der Waals surface area contributed by atoms with Gasteiger partial charge in [0, 0.05) is 31.5 Å². The largest absolute Gasteiger partial charge is 0.444 e. The molecule has 7 nitrogen and oxygen atoms in total. The Hall–Kier alpha value is -3.87. The van der Waals surface area contributed by atoms with E-state index in [4.69, 9.17) is 4.42 Å². The maximum Gasteiger partial charge on any atom is 0.226 e. The zero-order valence-electron chi connectivity index (χ0n) is 16.8. The molecular weight excluding hydrogens is 376 g/mol. The summed E-state index contributed by atoms with van der Waals surface area (Å²) in [6, 6.07) is 20.2. The second-order valence-electron chi connectivity index (χ2n) is 6.81. The third kappa shape index (κ3) is 5.14. The number of nitrogens with zero attached hydrogens (tertiary/aromatic N) is 4. The molecule has 0 radical (unpaired) electrons. The number of hydrogen-bond acceptors (Lipinski definition) is 4. The van der Waals surface area contributed by atoms with E-state index in [1.807, 2.05) is 47.3 Å². The summed E-state index contributed by atoms with van der Waals surface area (Å²) in [6.45, 7) is 1.94. The zero-order valence-corrected chi connectivity index (χ0v) is 16.8. The molecular formula is C23H24N6O. The summed E-state index contributed by atoms with van der Waals surface area (Å²) in [5.74, 6) is 1.32. The highest BCUT2D eigenvalue weighted by Crippen LogP contribution is 2.17. The van der Waals surface area contributed by atoms with Crippen molar-refractivity contribution in [1.29, 1.82) is 0 Å². The fourth-order valence-corrected chi connectivity index (χ4v) is 3.10. The van der Waals surface area contributed by atoms with Crippen LogP contribution in [0.15, 0.2) is 88.7 Å². The molecule has 0 saturated heterocycles. The van der Waals surface area contributed by atoms with Gasteiger partial charge < -0.3 is 15.1 Å². The van der Waals surface area contributed by atoms with Crippen molar-refractivity contribution in [3.8, 4) is 11.5 Å². The lowest BCUT2D eigenvalue weighted by molar-refractivity contribution is 0.572.